The van der Waals surface area contributed by atoms with Crippen molar-refractivity contribution in [1.29, 1.82) is 0 Å². The lowest BCUT2D eigenvalue weighted by Gasteiger charge is -2.10. The second-order valence-corrected chi connectivity index (χ2v) is 4.25. The highest BCUT2D eigenvalue weighted by Gasteiger charge is 2.18. The summed E-state index contributed by atoms with van der Waals surface area (Å²) in [6.45, 7) is 1.95. The highest BCUT2D eigenvalue weighted by molar-refractivity contribution is 14.1. The molecule has 0 aliphatic carbocycles. The van der Waals surface area contributed by atoms with Crippen LogP contribution in [-0.2, 0) is 16.0 Å². The van der Waals surface area contributed by atoms with Crippen LogP contribution in [0.1, 0.15) is 24.6 Å². The van der Waals surface area contributed by atoms with Crippen molar-refractivity contribution in [2.45, 2.75) is 19.8 Å². The lowest BCUT2D eigenvalue weighted by atomic mass is 10.2. The van der Waals surface area contributed by atoms with Crippen molar-refractivity contribution in [3.63, 3.8) is 0 Å². The number of nitrogens with two attached hydrogens (primary N) is 1. The van der Waals surface area contributed by atoms with E-state index in [1.165, 1.54) is 0 Å². The number of rotatable bonds is 4. The third-order valence-electron chi connectivity index (χ3n) is 2.01. The minimum atomic E-state index is -2.67. The van der Waals surface area contributed by atoms with Gasteiger partial charge < -0.3 is 10.5 Å². The Hall–Kier alpha value is -0.990. The van der Waals surface area contributed by atoms with Gasteiger partial charge in [0.15, 0.2) is 0 Å². The van der Waals surface area contributed by atoms with Gasteiger partial charge in [0, 0.05) is 6.20 Å². The lowest BCUT2D eigenvalue weighted by molar-refractivity contribution is -0.142. The zero-order valence-corrected chi connectivity index (χ0v) is 11.2. The topological polar surface area (TPSA) is 65.2 Å². The standard InChI is InChI=1S/C10H11F2IN2O2/c1-2-17-7(16)3-6-8(13)9(14)5(4-15-6)10(11)12/h4,10H,2-3H2,1H3,(H2,14,15). The molecule has 4 nitrogen and oxygen atoms in total. The van der Waals surface area contributed by atoms with Gasteiger partial charge in [0.1, 0.15) is 0 Å². The Balaban J connectivity index is 2.96. The Kier molecular flexibility index (Phi) is 5.03. The monoisotopic (exact) mass is 356 g/mol. The first-order valence-electron chi connectivity index (χ1n) is 4.83. The van der Waals surface area contributed by atoms with Crippen LogP contribution in [0.15, 0.2) is 6.20 Å². The smallest absolute Gasteiger partial charge is 0.311 e. The van der Waals surface area contributed by atoms with Gasteiger partial charge in [-0.3, -0.25) is 9.78 Å². The molecule has 17 heavy (non-hydrogen) atoms. The number of aromatic nitrogens is 1. The van der Waals surface area contributed by atoms with Gasteiger partial charge in [-0.1, -0.05) is 0 Å². The summed E-state index contributed by atoms with van der Waals surface area (Å²) < 4.78 is 30.1. The van der Waals surface area contributed by atoms with Crippen molar-refractivity contribution in [3.05, 3.63) is 21.0 Å². The molecule has 0 amide bonds. The molecule has 0 spiro atoms. The molecule has 1 rings (SSSR count). The van der Waals surface area contributed by atoms with E-state index in [4.69, 9.17) is 10.5 Å². The van der Waals surface area contributed by atoms with Gasteiger partial charge in [-0.05, 0) is 29.5 Å². The second kappa shape index (κ2) is 6.08. The molecule has 0 unspecified atom stereocenters. The first-order chi connectivity index (χ1) is 7.97. The number of anilines is 1. The fourth-order valence-electron chi connectivity index (χ4n) is 1.20. The Morgan fingerprint density at radius 2 is 2.29 bits per heavy atom. The van der Waals surface area contributed by atoms with E-state index in [1.807, 2.05) is 0 Å². The van der Waals surface area contributed by atoms with E-state index in [0.29, 0.717) is 9.26 Å². The van der Waals surface area contributed by atoms with Crippen LogP contribution in [0.2, 0.25) is 0 Å². The zero-order chi connectivity index (χ0) is 13.0. The number of carbonyl (C=O) groups excluding carboxylic acids is 1. The van der Waals surface area contributed by atoms with Gasteiger partial charge in [0.25, 0.3) is 6.43 Å². The third-order valence-corrected chi connectivity index (χ3v) is 3.22. The Morgan fingerprint density at radius 3 is 2.82 bits per heavy atom. The van der Waals surface area contributed by atoms with Crippen LogP contribution in [0.25, 0.3) is 0 Å². The minimum absolute atomic E-state index is 0.0325. The first kappa shape index (κ1) is 14.1. The van der Waals surface area contributed by atoms with E-state index >= 15 is 0 Å². The second-order valence-electron chi connectivity index (χ2n) is 3.17. The van der Waals surface area contributed by atoms with Crippen LogP contribution < -0.4 is 5.73 Å². The van der Waals surface area contributed by atoms with E-state index in [1.54, 1.807) is 29.5 Å². The summed E-state index contributed by atoms with van der Waals surface area (Å²) in [5.41, 5.74) is 5.56. The minimum Gasteiger partial charge on any atom is -0.466 e. The van der Waals surface area contributed by atoms with Crippen LogP contribution in [-0.4, -0.2) is 17.6 Å². The van der Waals surface area contributed by atoms with Gasteiger partial charge >= 0.3 is 5.97 Å². The Morgan fingerprint density at radius 1 is 1.65 bits per heavy atom. The fraction of sp³-hybridized carbons (Fsp3) is 0.400. The summed E-state index contributed by atoms with van der Waals surface area (Å²) in [5.74, 6) is -0.456. The lowest BCUT2D eigenvalue weighted by Crippen LogP contribution is -2.12. The molecule has 1 aromatic rings. The maximum absolute atomic E-state index is 12.5. The molecule has 1 aromatic heterocycles. The van der Waals surface area contributed by atoms with Crippen molar-refractivity contribution >= 4 is 34.2 Å². The highest BCUT2D eigenvalue weighted by atomic mass is 127. The number of nitrogen functional groups attached to an aromatic ring is 1. The number of ether oxygens (including phenoxy) is 1. The molecule has 0 saturated heterocycles. The SMILES string of the molecule is CCOC(=O)Cc1ncc(C(F)F)c(N)c1I. The first-order valence-corrected chi connectivity index (χ1v) is 5.91. The Bertz CT molecular complexity index is 427. The van der Waals surface area contributed by atoms with Crippen molar-refractivity contribution in [1.82, 2.24) is 4.98 Å². The van der Waals surface area contributed by atoms with Gasteiger partial charge in [0.05, 0.1) is 33.5 Å². The zero-order valence-electron chi connectivity index (χ0n) is 9.04. The van der Waals surface area contributed by atoms with Crippen LogP contribution in [0.3, 0.4) is 0 Å². The normalized spacial score (nSPS) is 10.6. The molecule has 0 saturated carbocycles. The number of pyridine rings is 1. The molecular formula is C10H11F2IN2O2. The summed E-state index contributed by atoms with van der Waals surface area (Å²) in [4.78, 5) is 15.1. The molecule has 0 atom stereocenters. The Labute approximate surface area is 111 Å². The van der Waals surface area contributed by atoms with Crippen LogP contribution >= 0.6 is 22.6 Å². The predicted molar refractivity (Wildman–Crippen MR) is 66.7 cm³/mol. The molecule has 7 heteroatoms. The summed E-state index contributed by atoms with van der Waals surface area (Å²) >= 11 is 1.80. The number of halogens is 3. The number of nitrogens with zero attached hydrogens (tertiary/aromatic N) is 1. The average Bonchev–Trinajstić information content (AvgIpc) is 2.25. The van der Waals surface area contributed by atoms with E-state index in [0.717, 1.165) is 6.20 Å². The largest absolute Gasteiger partial charge is 0.466 e. The number of carbonyl (C=O) groups is 1. The summed E-state index contributed by atoms with van der Waals surface area (Å²) in [5, 5.41) is 0. The van der Waals surface area contributed by atoms with E-state index in [2.05, 4.69) is 4.98 Å². The van der Waals surface area contributed by atoms with Gasteiger partial charge in [0.2, 0.25) is 0 Å². The van der Waals surface area contributed by atoms with Crippen molar-refractivity contribution in [2.75, 3.05) is 12.3 Å². The number of hydrogen-bond acceptors (Lipinski definition) is 4. The number of hydrogen-bond donors (Lipinski definition) is 1. The molecule has 2 N–H and O–H groups in total. The van der Waals surface area contributed by atoms with Gasteiger partial charge in [-0.2, -0.15) is 0 Å². The van der Waals surface area contributed by atoms with Gasteiger partial charge in [-0.25, -0.2) is 8.78 Å². The van der Waals surface area contributed by atoms with E-state index in [-0.39, 0.29) is 24.3 Å². The van der Waals surface area contributed by atoms with Gasteiger partial charge in [-0.15, -0.1) is 0 Å². The summed E-state index contributed by atoms with van der Waals surface area (Å²) in [6.07, 6.45) is -1.75. The van der Waals surface area contributed by atoms with Crippen molar-refractivity contribution < 1.29 is 18.3 Å². The van der Waals surface area contributed by atoms with Crippen LogP contribution in [0.5, 0.6) is 0 Å². The highest BCUT2D eigenvalue weighted by Crippen LogP contribution is 2.29. The molecule has 0 aliphatic heterocycles. The maximum Gasteiger partial charge on any atom is 0.311 e. The molecule has 0 aliphatic rings. The van der Waals surface area contributed by atoms with Crippen molar-refractivity contribution in [3.8, 4) is 0 Å². The number of alkyl halides is 2. The number of esters is 1. The quantitative estimate of drug-likeness (QED) is 0.664. The van der Waals surface area contributed by atoms with Crippen LogP contribution in [0.4, 0.5) is 14.5 Å². The molecule has 0 bridgehead atoms. The summed E-state index contributed by atoms with van der Waals surface area (Å²) in [7, 11) is 0. The molecule has 0 fully saturated rings. The summed E-state index contributed by atoms with van der Waals surface area (Å²) in [6, 6.07) is 0. The molecule has 1 heterocycles. The predicted octanol–water partition coefficient (Wildman–Crippen LogP) is 2.31. The molecule has 0 aromatic carbocycles. The molecular weight excluding hydrogens is 345 g/mol. The van der Waals surface area contributed by atoms with E-state index in [9.17, 15) is 13.6 Å². The average molecular weight is 356 g/mol. The maximum atomic E-state index is 12.5. The van der Waals surface area contributed by atoms with Crippen LogP contribution in [0, 0.1) is 3.57 Å². The van der Waals surface area contributed by atoms with Crippen molar-refractivity contribution in [2.24, 2.45) is 0 Å². The molecule has 94 valence electrons. The molecule has 0 radical (unpaired) electrons. The third kappa shape index (κ3) is 3.48. The van der Waals surface area contributed by atoms with E-state index < -0.39 is 12.4 Å². The fourth-order valence-corrected chi connectivity index (χ4v) is 1.84.